The topological polar surface area (TPSA) is 50.8 Å². The van der Waals surface area contributed by atoms with Crippen LogP contribution in [0.1, 0.15) is 28.8 Å². The second-order valence-corrected chi connectivity index (χ2v) is 5.64. The van der Waals surface area contributed by atoms with Crippen molar-refractivity contribution in [1.29, 1.82) is 5.26 Å². The van der Waals surface area contributed by atoms with E-state index in [0.717, 1.165) is 23.2 Å². The van der Waals surface area contributed by atoms with E-state index in [-0.39, 0.29) is 6.42 Å². The van der Waals surface area contributed by atoms with Gasteiger partial charge in [0.2, 0.25) is 0 Å². The molecular weight excluding hydrogens is 269 g/mol. The number of halogens is 1. The van der Waals surface area contributed by atoms with Crippen molar-refractivity contribution in [2.75, 3.05) is 6.61 Å². The van der Waals surface area contributed by atoms with Crippen LogP contribution >= 0.6 is 0 Å². The molecule has 5 heteroatoms. The molecule has 2 aromatic rings. The molecule has 106 valence electrons. The van der Waals surface area contributed by atoms with Crippen molar-refractivity contribution >= 4 is 0 Å². The van der Waals surface area contributed by atoms with E-state index in [1.165, 1.54) is 0 Å². The summed E-state index contributed by atoms with van der Waals surface area (Å²) in [5.74, 6) is 0. The van der Waals surface area contributed by atoms with Crippen LogP contribution in [0.25, 0.3) is 0 Å². The molecule has 2 aliphatic heterocycles. The standard InChI is InChI=1S/C16H14FN3O/c17-13-6-16(15-8-19-10-20(15)9-13)14-5-11(7-18)1-2-12(14)3-4-21-16/h1-2,5,8,10,13H,3-4,6,9H2. The van der Waals surface area contributed by atoms with Crippen LogP contribution in [-0.4, -0.2) is 22.3 Å². The molecule has 1 spiro atoms. The average Bonchev–Trinajstić information content (AvgIpc) is 2.96. The molecule has 0 saturated carbocycles. The zero-order valence-corrected chi connectivity index (χ0v) is 11.4. The number of nitriles is 1. The molecule has 0 amide bonds. The van der Waals surface area contributed by atoms with Crippen LogP contribution < -0.4 is 0 Å². The minimum atomic E-state index is -0.983. The Morgan fingerprint density at radius 1 is 1.48 bits per heavy atom. The first-order valence-corrected chi connectivity index (χ1v) is 7.05. The maximum atomic E-state index is 14.3. The van der Waals surface area contributed by atoms with Gasteiger partial charge in [-0.25, -0.2) is 9.37 Å². The number of alkyl halides is 1. The Morgan fingerprint density at radius 2 is 2.38 bits per heavy atom. The number of ether oxygens (including phenoxy) is 1. The van der Waals surface area contributed by atoms with Crippen molar-refractivity contribution in [2.24, 2.45) is 0 Å². The Hall–Kier alpha value is -2.19. The van der Waals surface area contributed by atoms with Crippen molar-refractivity contribution < 1.29 is 9.13 Å². The predicted molar refractivity (Wildman–Crippen MR) is 73.3 cm³/mol. The van der Waals surface area contributed by atoms with E-state index >= 15 is 0 Å². The fourth-order valence-corrected chi connectivity index (χ4v) is 3.53. The normalized spacial score (nSPS) is 27.0. The number of nitrogens with zero attached hydrogens (tertiary/aromatic N) is 3. The highest BCUT2D eigenvalue weighted by Crippen LogP contribution is 2.45. The molecule has 1 aromatic carbocycles. The highest BCUT2D eigenvalue weighted by molar-refractivity contribution is 5.46. The van der Waals surface area contributed by atoms with Crippen LogP contribution in [-0.2, 0) is 23.3 Å². The van der Waals surface area contributed by atoms with Crippen molar-refractivity contribution in [1.82, 2.24) is 9.55 Å². The van der Waals surface area contributed by atoms with Gasteiger partial charge in [-0.1, -0.05) is 6.07 Å². The minimum Gasteiger partial charge on any atom is -0.363 e. The first kappa shape index (κ1) is 12.5. The van der Waals surface area contributed by atoms with Crippen molar-refractivity contribution in [3.05, 3.63) is 53.1 Å². The van der Waals surface area contributed by atoms with Crippen LogP contribution in [0.5, 0.6) is 0 Å². The van der Waals surface area contributed by atoms with E-state index in [1.54, 1.807) is 12.5 Å². The lowest BCUT2D eigenvalue weighted by Gasteiger charge is -2.43. The molecule has 4 rings (SSSR count). The molecule has 3 heterocycles. The molecule has 0 radical (unpaired) electrons. The Kier molecular flexibility index (Phi) is 2.63. The summed E-state index contributed by atoms with van der Waals surface area (Å²) in [6.45, 7) is 0.866. The number of hydrogen-bond donors (Lipinski definition) is 0. The third kappa shape index (κ3) is 1.72. The summed E-state index contributed by atoms with van der Waals surface area (Å²) < 4.78 is 22.2. The molecule has 0 aliphatic carbocycles. The SMILES string of the molecule is N#Cc1ccc2c(c1)C1(CC(F)Cn3cncc31)OCC2. The Morgan fingerprint density at radius 3 is 3.24 bits per heavy atom. The first-order valence-electron chi connectivity index (χ1n) is 7.05. The van der Waals surface area contributed by atoms with Gasteiger partial charge in [-0.05, 0) is 29.7 Å². The monoisotopic (exact) mass is 283 g/mol. The van der Waals surface area contributed by atoms with Gasteiger partial charge in [0.1, 0.15) is 11.8 Å². The molecule has 0 saturated heterocycles. The van der Waals surface area contributed by atoms with E-state index in [4.69, 9.17) is 10.00 Å². The maximum absolute atomic E-state index is 14.3. The number of benzene rings is 1. The van der Waals surface area contributed by atoms with Gasteiger partial charge in [0.15, 0.2) is 0 Å². The number of hydrogen-bond acceptors (Lipinski definition) is 3. The van der Waals surface area contributed by atoms with E-state index in [1.807, 2.05) is 22.8 Å². The van der Waals surface area contributed by atoms with Gasteiger partial charge < -0.3 is 9.30 Å². The maximum Gasteiger partial charge on any atom is 0.138 e. The van der Waals surface area contributed by atoms with Crippen molar-refractivity contribution in [2.45, 2.75) is 31.2 Å². The third-order valence-corrected chi connectivity index (χ3v) is 4.42. The van der Waals surface area contributed by atoms with Gasteiger partial charge in [0.25, 0.3) is 0 Å². The Bertz CT molecular complexity index is 748. The van der Waals surface area contributed by atoms with Crippen LogP contribution in [0.15, 0.2) is 30.7 Å². The molecule has 0 bridgehead atoms. The molecule has 21 heavy (non-hydrogen) atoms. The zero-order valence-electron chi connectivity index (χ0n) is 11.4. The zero-order chi connectivity index (χ0) is 14.4. The second-order valence-electron chi connectivity index (χ2n) is 5.64. The Balaban J connectivity index is 1.97. The first-order chi connectivity index (χ1) is 10.2. The number of fused-ring (bicyclic) bond motifs is 4. The van der Waals surface area contributed by atoms with E-state index in [0.29, 0.717) is 18.7 Å². The highest BCUT2D eigenvalue weighted by atomic mass is 19.1. The van der Waals surface area contributed by atoms with E-state index < -0.39 is 11.8 Å². The van der Waals surface area contributed by atoms with Crippen molar-refractivity contribution in [3.8, 4) is 6.07 Å². The summed E-state index contributed by atoms with van der Waals surface area (Å²) in [5, 5.41) is 9.15. The molecule has 0 fully saturated rings. The molecule has 0 N–H and O–H groups in total. The van der Waals surface area contributed by atoms with Gasteiger partial charge in [-0.3, -0.25) is 0 Å². The molecule has 2 unspecified atom stereocenters. The smallest absolute Gasteiger partial charge is 0.138 e. The summed E-state index contributed by atoms with van der Waals surface area (Å²) in [4.78, 5) is 4.15. The second kappa shape index (κ2) is 4.40. The van der Waals surface area contributed by atoms with Crippen molar-refractivity contribution in [3.63, 3.8) is 0 Å². The third-order valence-electron chi connectivity index (χ3n) is 4.42. The fraction of sp³-hybridized carbons (Fsp3) is 0.375. The highest BCUT2D eigenvalue weighted by Gasteiger charge is 2.46. The fourth-order valence-electron chi connectivity index (χ4n) is 3.53. The summed E-state index contributed by atoms with van der Waals surface area (Å²) >= 11 is 0. The van der Waals surface area contributed by atoms with Crippen LogP contribution in [0.4, 0.5) is 4.39 Å². The quantitative estimate of drug-likeness (QED) is 0.745. The Labute approximate surface area is 121 Å². The lowest BCUT2D eigenvalue weighted by Crippen LogP contribution is -2.44. The van der Waals surface area contributed by atoms with Gasteiger partial charge in [-0.2, -0.15) is 5.26 Å². The number of aromatic nitrogens is 2. The van der Waals surface area contributed by atoms with E-state index in [9.17, 15) is 4.39 Å². The summed E-state index contributed by atoms with van der Waals surface area (Å²) in [6.07, 6.45) is 3.48. The molecular formula is C16H14FN3O. The molecule has 2 atom stereocenters. The van der Waals surface area contributed by atoms with Gasteiger partial charge in [-0.15, -0.1) is 0 Å². The van der Waals surface area contributed by atoms with Gasteiger partial charge in [0.05, 0.1) is 43.0 Å². The summed E-state index contributed by atoms with van der Waals surface area (Å²) in [5.41, 5.74) is 2.69. The van der Waals surface area contributed by atoms with Crippen LogP contribution in [0.3, 0.4) is 0 Å². The van der Waals surface area contributed by atoms with Crippen LogP contribution in [0.2, 0.25) is 0 Å². The summed E-state index contributed by atoms with van der Waals surface area (Å²) in [7, 11) is 0. The molecule has 2 aliphatic rings. The molecule has 1 aromatic heterocycles. The largest absolute Gasteiger partial charge is 0.363 e. The van der Waals surface area contributed by atoms with E-state index in [2.05, 4.69) is 11.1 Å². The lowest BCUT2D eigenvalue weighted by molar-refractivity contribution is -0.0660. The summed E-state index contributed by atoms with van der Waals surface area (Å²) in [6, 6.07) is 7.76. The average molecular weight is 283 g/mol. The lowest BCUT2D eigenvalue weighted by atomic mass is 9.78. The molecule has 4 nitrogen and oxygen atoms in total. The predicted octanol–water partition coefficient (Wildman–Crippen LogP) is 2.31. The number of imidazole rings is 1. The van der Waals surface area contributed by atoms with Crippen LogP contribution in [0, 0.1) is 11.3 Å². The van der Waals surface area contributed by atoms with Gasteiger partial charge in [0, 0.05) is 6.42 Å². The van der Waals surface area contributed by atoms with Gasteiger partial charge >= 0.3 is 0 Å². The number of rotatable bonds is 0. The minimum absolute atomic E-state index is 0.278.